The molecule has 0 fully saturated rings. The summed E-state index contributed by atoms with van der Waals surface area (Å²) < 4.78 is 24.8. The highest BCUT2D eigenvalue weighted by Gasteiger charge is 2.24. The summed E-state index contributed by atoms with van der Waals surface area (Å²) in [5.41, 5.74) is 6.32. The first-order valence-electron chi connectivity index (χ1n) is 10.3. The number of amides is 1. The molecule has 0 saturated carbocycles. The summed E-state index contributed by atoms with van der Waals surface area (Å²) in [5.74, 6) is 1.17. The van der Waals surface area contributed by atoms with Gasteiger partial charge < -0.3 is 25.8 Å². The topological polar surface area (TPSA) is 98.0 Å². The number of ether oxygens (including phenoxy) is 2. The fourth-order valence-corrected chi connectivity index (χ4v) is 2.89. The first-order chi connectivity index (χ1) is 14.8. The van der Waals surface area contributed by atoms with Crippen LogP contribution in [0.5, 0.6) is 11.5 Å². The lowest BCUT2D eigenvalue weighted by atomic mass is 9.93. The van der Waals surface area contributed by atoms with Crippen LogP contribution in [0.4, 0.5) is 10.1 Å². The number of benzene rings is 2. The van der Waals surface area contributed by atoms with Gasteiger partial charge in [-0.1, -0.05) is 12.1 Å². The largest absolute Gasteiger partial charge is 0.490 e. The van der Waals surface area contributed by atoms with E-state index in [1.165, 1.54) is 12.1 Å². The maximum Gasteiger partial charge on any atom is 0.224 e. The summed E-state index contributed by atoms with van der Waals surface area (Å²) in [6.45, 7) is 5.44. The Morgan fingerprint density at radius 1 is 1.16 bits per heavy atom. The Kier molecular flexibility index (Phi) is 9.55. The van der Waals surface area contributed by atoms with Gasteiger partial charge in [0.25, 0.3) is 0 Å². The molecule has 32 heavy (non-hydrogen) atoms. The lowest BCUT2D eigenvalue weighted by Gasteiger charge is -2.20. The van der Waals surface area contributed by atoms with Gasteiger partial charge in [-0.25, -0.2) is 4.39 Å². The summed E-state index contributed by atoms with van der Waals surface area (Å²) in [7, 11) is 0. The van der Waals surface area contributed by atoms with Crippen LogP contribution in [0.1, 0.15) is 25.8 Å². The van der Waals surface area contributed by atoms with Gasteiger partial charge in [0.15, 0.2) is 17.5 Å². The zero-order valence-corrected chi connectivity index (χ0v) is 20.6. The number of guanidine groups is 1. The quantitative estimate of drug-likeness (QED) is 0.275. The second-order valence-electron chi connectivity index (χ2n) is 8.06. The molecule has 0 saturated heterocycles. The SMILES string of the molecule is CC(C)(CN=C(NCCc1cccc(F)c1)Nc1ccc2c(c1)OCCCO2)C(N)=O.I. The van der Waals surface area contributed by atoms with Crippen LogP contribution in [0, 0.1) is 11.2 Å². The van der Waals surface area contributed by atoms with E-state index in [-0.39, 0.29) is 36.3 Å². The number of aliphatic imine (C=N–C) groups is 1. The molecule has 0 aliphatic carbocycles. The Balaban J connectivity index is 0.00000363. The molecule has 0 radical (unpaired) electrons. The van der Waals surface area contributed by atoms with Crippen LogP contribution in [-0.4, -0.2) is 38.2 Å². The van der Waals surface area contributed by atoms with Crippen molar-refractivity contribution in [3.05, 3.63) is 53.8 Å². The number of primary amides is 1. The summed E-state index contributed by atoms with van der Waals surface area (Å²) in [5, 5.41) is 6.47. The molecular weight excluding hydrogens is 526 g/mol. The van der Waals surface area contributed by atoms with Crippen LogP contribution < -0.4 is 25.8 Å². The van der Waals surface area contributed by atoms with Crippen molar-refractivity contribution in [1.29, 1.82) is 0 Å². The van der Waals surface area contributed by atoms with Crippen LogP contribution in [0.15, 0.2) is 47.5 Å². The molecule has 2 aromatic carbocycles. The Morgan fingerprint density at radius 2 is 1.91 bits per heavy atom. The Morgan fingerprint density at radius 3 is 2.62 bits per heavy atom. The molecule has 1 aliphatic heterocycles. The van der Waals surface area contributed by atoms with Crippen molar-refractivity contribution in [3.63, 3.8) is 0 Å². The van der Waals surface area contributed by atoms with Crippen molar-refractivity contribution >= 4 is 41.5 Å². The molecular formula is C23H30FIN4O3. The lowest BCUT2D eigenvalue weighted by Crippen LogP contribution is -2.37. The van der Waals surface area contributed by atoms with Crippen LogP contribution in [0.3, 0.4) is 0 Å². The van der Waals surface area contributed by atoms with Crippen LogP contribution in [0.25, 0.3) is 0 Å². The summed E-state index contributed by atoms with van der Waals surface area (Å²) >= 11 is 0. The highest BCUT2D eigenvalue weighted by atomic mass is 127. The van der Waals surface area contributed by atoms with E-state index in [1.807, 2.05) is 24.3 Å². The van der Waals surface area contributed by atoms with Crippen molar-refractivity contribution in [3.8, 4) is 11.5 Å². The number of hydrogen-bond acceptors (Lipinski definition) is 4. The molecule has 1 heterocycles. The van der Waals surface area contributed by atoms with Crippen molar-refractivity contribution < 1.29 is 18.7 Å². The van der Waals surface area contributed by atoms with E-state index in [1.54, 1.807) is 19.9 Å². The Hall–Kier alpha value is -2.56. The molecule has 1 aliphatic rings. The van der Waals surface area contributed by atoms with E-state index in [0.717, 1.165) is 17.7 Å². The second kappa shape index (κ2) is 11.9. The lowest BCUT2D eigenvalue weighted by molar-refractivity contribution is -0.125. The third-order valence-corrected chi connectivity index (χ3v) is 4.90. The van der Waals surface area contributed by atoms with Crippen molar-refractivity contribution in [2.24, 2.45) is 16.1 Å². The number of carbonyl (C=O) groups excluding carboxylic acids is 1. The number of rotatable bonds is 7. The van der Waals surface area contributed by atoms with Crippen LogP contribution >= 0.6 is 24.0 Å². The Labute approximate surface area is 205 Å². The minimum atomic E-state index is -0.790. The highest BCUT2D eigenvalue weighted by molar-refractivity contribution is 14.0. The molecule has 1 amide bonds. The first kappa shape index (κ1) is 25.7. The normalized spacial score (nSPS) is 13.5. The number of anilines is 1. The summed E-state index contributed by atoms with van der Waals surface area (Å²) in [4.78, 5) is 16.2. The molecule has 3 rings (SSSR count). The fraction of sp³-hybridized carbons (Fsp3) is 0.391. The van der Waals surface area contributed by atoms with Crippen LogP contribution in [-0.2, 0) is 11.2 Å². The predicted octanol–water partition coefficient (Wildman–Crippen LogP) is 3.72. The molecule has 0 spiro atoms. The minimum absolute atomic E-state index is 0. The van der Waals surface area contributed by atoms with Crippen molar-refractivity contribution in [1.82, 2.24) is 5.32 Å². The van der Waals surface area contributed by atoms with Gasteiger partial charge in [0, 0.05) is 24.7 Å². The molecule has 7 nitrogen and oxygen atoms in total. The maximum absolute atomic E-state index is 13.4. The third kappa shape index (κ3) is 7.54. The number of hydrogen-bond donors (Lipinski definition) is 3. The number of nitrogens with zero attached hydrogens (tertiary/aromatic N) is 1. The average molecular weight is 556 g/mol. The van der Waals surface area contributed by atoms with E-state index >= 15 is 0 Å². The monoisotopic (exact) mass is 556 g/mol. The molecule has 2 aromatic rings. The number of halogens is 2. The van der Waals surface area contributed by atoms with E-state index in [2.05, 4.69) is 15.6 Å². The van der Waals surface area contributed by atoms with E-state index in [4.69, 9.17) is 15.2 Å². The molecule has 174 valence electrons. The van der Waals surface area contributed by atoms with Gasteiger partial charge in [-0.15, -0.1) is 24.0 Å². The van der Waals surface area contributed by atoms with Crippen molar-refractivity contribution in [2.75, 3.05) is 31.6 Å². The van der Waals surface area contributed by atoms with Crippen LogP contribution in [0.2, 0.25) is 0 Å². The molecule has 0 bridgehead atoms. The molecule has 4 N–H and O–H groups in total. The van der Waals surface area contributed by atoms with Gasteiger partial charge >= 0.3 is 0 Å². The van der Waals surface area contributed by atoms with E-state index in [0.29, 0.717) is 43.6 Å². The van der Waals surface area contributed by atoms with Gasteiger partial charge in [-0.3, -0.25) is 9.79 Å². The number of nitrogens with two attached hydrogens (primary N) is 1. The fourth-order valence-electron chi connectivity index (χ4n) is 2.89. The molecule has 0 aromatic heterocycles. The van der Waals surface area contributed by atoms with E-state index in [9.17, 15) is 9.18 Å². The predicted molar refractivity (Wildman–Crippen MR) is 134 cm³/mol. The molecule has 0 atom stereocenters. The first-order valence-corrected chi connectivity index (χ1v) is 10.3. The summed E-state index contributed by atoms with van der Waals surface area (Å²) in [6, 6.07) is 12.0. The van der Waals surface area contributed by atoms with Gasteiger partial charge in [0.2, 0.25) is 5.91 Å². The Bertz CT molecular complexity index is 953. The standard InChI is InChI=1S/C23H29FN4O3.HI/c1-23(2,21(25)29)15-27-22(26-10-9-16-5-3-6-17(24)13-16)28-18-7-8-19-20(14-18)31-12-4-11-30-19;/h3,5-8,13-14H,4,9-12,15H2,1-2H3,(H2,25,29)(H2,26,27,28);1H. The van der Waals surface area contributed by atoms with Gasteiger partial charge in [0.05, 0.1) is 25.2 Å². The second-order valence-corrected chi connectivity index (χ2v) is 8.06. The van der Waals surface area contributed by atoms with Gasteiger partial charge in [-0.05, 0) is 50.1 Å². The van der Waals surface area contributed by atoms with Gasteiger partial charge in [0.1, 0.15) is 5.82 Å². The van der Waals surface area contributed by atoms with E-state index < -0.39 is 11.3 Å². The third-order valence-electron chi connectivity index (χ3n) is 4.90. The minimum Gasteiger partial charge on any atom is -0.490 e. The average Bonchev–Trinajstić information content (AvgIpc) is 2.97. The number of carbonyl (C=O) groups is 1. The molecule has 0 unspecified atom stereocenters. The van der Waals surface area contributed by atoms with Crippen molar-refractivity contribution in [2.45, 2.75) is 26.7 Å². The zero-order chi connectivity index (χ0) is 22.3. The maximum atomic E-state index is 13.4. The highest BCUT2D eigenvalue weighted by Crippen LogP contribution is 2.32. The zero-order valence-electron chi connectivity index (χ0n) is 18.3. The number of fused-ring (bicyclic) bond motifs is 1. The number of nitrogens with one attached hydrogen (secondary N) is 2. The molecule has 9 heteroatoms. The smallest absolute Gasteiger partial charge is 0.224 e. The van der Waals surface area contributed by atoms with Gasteiger partial charge in [-0.2, -0.15) is 0 Å². The summed E-state index contributed by atoms with van der Waals surface area (Å²) in [6.07, 6.45) is 1.44.